The number of hydrogen-bond donors (Lipinski definition) is 2. The summed E-state index contributed by atoms with van der Waals surface area (Å²) in [6.45, 7) is 0.428. The second kappa shape index (κ2) is 7.57. The Balaban J connectivity index is 1.53. The second-order valence-electron chi connectivity index (χ2n) is 5.90. The maximum Gasteiger partial charge on any atom is 0.224 e. The quantitative estimate of drug-likeness (QED) is 0.852. The van der Waals surface area contributed by atoms with E-state index in [1.807, 2.05) is 29.6 Å². The molecular formula is C17H21N3O2S. The van der Waals surface area contributed by atoms with E-state index in [9.17, 15) is 4.79 Å². The van der Waals surface area contributed by atoms with Crippen LogP contribution in [-0.4, -0.2) is 16.9 Å². The number of aromatic nitrogens is 1. The summed E-state index contributed by atoms with van der Waals surface area (Å²) in [6.07, 6.45) is 3.69. The molecule has 1 amide bonds. The van der Waals surface area contributed by atoms with Crippen LogP contribution in [0.2, 0.25) is 0 Å². The van der Waals surface area contributed by atoms with Crippen LogP contribution in [0, 0.1) is 5.92 Å². The highest BCUT2D eigenvalue weighted by atomic mass is 32.1. The summed E-state index contributed by atoms with van der Waals surface area (Å²) < 4.78 is 5.70. The minimum absolute atomic E-state index is 0.0176. The molecule has 1 aromatic carbocycles. The van der Waals surface area contributed by atoms with E-state index in [1.165, 1.54) is 0 Å². The van der Waals surface area contributed by atoms with E-state index in [2.05, 4.69) is 10.3 Å². The normalized spacial score (nSPS) is 20.4. The molecule has 2 aromatic rings. The first-order valence-electron chi connectivity index (χ1n) is 7.86. The first kappa shape index (κ1) is 16.0. The van der Waals surface area contributed by atoms with Crippen LogP contribution < -0.4 is 15.8 Å². The van der Waals surface area contributed by atoms with E-state index in [-0.39, 0.29) is 11.9 Å². The molecule has 5 nitrogen and oxygen atoms in total. The molecule has 0 radical (unpaired) electrons. The lowest BCUT2D eigenvalue weighted by molar-refractivity contribution is -0.117. The topological polar surface area (TPSA) is 77.2 Å². The van der Waals surface area contributed by atoms with Gasteiger partial charge in [-0.3, -0.25) is 4.79 Å². The lowest BCUT2D eigenvalue weighted by atomic mass is 10.00. The van der Waals surface area contributed by atoms with Crippen molar-refractivity contribution in [3.05, 3.63) is 40.8 Å². The fourth-order valence-corrected chi connectivity index (χ4v) is 3.44. The Morgan fingerprint density at radius 1 is 1.43 bits per heavy atom. The third-order valence-electron chi connectivity index (χ3n) is 4.15. The molecule has 3 rings (SSSR count). The first-order valence-corrected chi connectivity index (χ1v) is 8.80. The summed E-state index contributed by atoms with van der Waals surface area (Å²) in [5, 5.41) is 4.89. The van der Waals surface area contributed by atoms with E-state index < -0.39 is 0 Å². The predicted octanol–water partition coefficient (Wildman–Crippen LogP) is 3.18. The number of benzene rings is 1. The fourth-order valence-electron chi connectivity index (χ4n) is 2.90. The molecule has 23 heavy (non-hydrogen) atoms. The monoisotopic (exact) mass is 331 g/mol. The van der Waals surface area contributed by atoms with Crippen molar-refractivity contribution in [3.8, 4) is 5.75 Å². The Morgan fingerprint density at radius 3 is 3.09 bits per heavy atom. The SMILES string of the molecule is N[C@@H]1CCC[C@H]1CC(=O)Nc1cccc(OCc2cscn2)c1. The van der Waals surface area contributed by atoms with Crippen LogP contribution in [0.25, 0.3) is 0 Å². The van der Waals surface area contributed by atoms with Crippen LogP contribution in [0.1, 0.15) is 31.4 Å². The molecular weight excluding hydrogens is 310 g/mol. The van der Waals surface area contributed by atoms with Gasteiger partial charge in [-0.05, 0) is 30.9 Å². The number of ether oxygens (including phenoxy) is 1. The Morgan fingerprint density at radius 2 is 2.35 bits per heavy atom. The molecule has 0 bridgehead atoms. The molecule has 0 saturated heterocycles. The van der Waals surface area contributed by atoms with Gasteiger partial charge < -0.3 is 15.8 Å². The van der Waals surface area contributed by atoms with Gasteiger partial charge in [-0.25, -0.2) is 4.98 Å². The van der Waals surface area contributed by atoms with Gasteiger partial charge in [0.2, 0.25) is 5.91 Å². The number of nitrogens with two attached hydrogens (primary N) is 1. The average molecular weight is 331 g/mol. The van der Waals surface area contributed by atoms with E-state index in [4.69, 9.17) is 10.5 Å². The van der Waals surface area contributed by atoms with Gasteiger partial charge in [0.05, 0.1) is 11.2 Å². The Bertz CT molecular complexity index is 645. The summed E-state index contributed by atoms with van der Waals surface area (Å²) >= 11 is 1.54. The number of rotatable bonds is 6. The van der Waals surface area contributed by atoms with E-state index in [0.29, 0.717) is 24.7 Å². The van der Waals surface area contributed by atoms with Crippen LogP contribution in [0.5, 0.6) is 5.75 Å². The Kier molecular flexibility index (Phi) is 5.25. The predicted molar refractivity (Wildman–Crippen MR) is 91.5 cm³/mol. The van der Waals surface area contributed by atoms with Crippen LogP contribution in [0.15, 0.2) is 35.2 Å². The van der Waals surface area contributed by atoms with Gasteiger partial charge in [0.15, 0.2) is 0 Å². The summed E-state index contributed by atoms with van der Waals surface area (Å²) in [6, 6.07) is 7.59. The lowest BCUT2D eigenvalue weighted by Crippen LogP contribution is -2.28. The lowest BCUT2D eigenvalue weighted by Gasteiger charge is -2.15. The van der Waals surface area contributed by atoms with Gasteiger partial charge >= 0.3 is 0 Å². The number of carbonyl (C=O) groups excluding carboxylic acids is 1. The van der Waals surface area contributed by atoms with Crippen molar-refractivity contribution in [2.75, 3.05) is 5.32 Å². The van der Waals surface area contributed by atoms with Gasteiger partial charge in [0.25, 0.3) is 0 Å². The first-order chi connectivity index (χ1) is 11.2. The second-order valence-corrected chi connectivity index (χ2v) is 6.62. The van der Waals surface area contributed by atoms with Crippen molar-refractivity contribution in [3.63, 3.8) is 0 Å². The molecule has 1 aliphatic carbocycles. The van der Waals surface area contributed by atoms with Gasteiger partial charge in [0.1, 0.15) is 12.4 Å². The third-order valence-corrected chi connectivity index (χ3v) is 4.79. The highest BCUT2D eigenvalue weighted by molar-refractivity contribution is 7.07. The van der Waals surface area contributed by atoms with Crippen LogP contribution in [0.3, 0.4) is 0 Å². The van der Waals surface area contributed by atoms with Gasteiger partial charge in [-0.15, -0.1) is 11.3 Å². The molecule has 6 heteroatoms. The zero-order valence-electron chi connectivity index (χ0n) is 12.9. The largest absolute Gasteiger partial charge is 0.487 e. The zero-order chi connectivity index (χ0) is 16.1. The van der Waals surface area contributed by atoms with Crippen molar-refractivity contribution in [2.45, 2.75) is 38.3 Å². The van der Waals surface area contributed by atoms with Crippen molar-refractivity contribution < 1.29 is 9.53 Å². The molecule has 1 heterocycles. The number of hydrogen-bond acceptors (Lipinski definition) is 5. The standard InChI is InChI=1S/C17H21N3O2S/c18-16-6-1-3-12(16)7-17(21)20-13-4-2-5-15(8-13)22-9-14-10-23-11-19-14/h2,4-5,8,10-12,16H,1,3,6-7,9,18H2,(H,20,21)/t12-,16+/m0/s1. The number of nitrogens with one attached hydrogen (secondary N) is 1. The van der Waals surface area contributed by atoms with Crippen molar-refractivity contribution >= 4 is 22.9 Å². The molecule has 1 fully saturated rings. The highest BCUT2D eigenvalue weighted by Crippen LogP contribution is 2.27. The maximum atomic E-state index is 12.2. The van der Waals surface area contributed by atoms with Crippen LogP contribution in [-0.2, 0) is 11.4 Å². The molecule has 0 spiro atoms. The average Bonchev–Trinajstić information content (AvgIpc) is 3.18. The van der Waals surface area contributed by atoms with Crippen LogP contribution in [0.4, 0.5) is 5.69 Å². The smallest absolute Gasteiger partial charge is 0.224 e. The highest BCUT2D eigenvalue weighted by Gasteiger charge is 2.25. The van der Waals surface area contributed by atoms with Gasteiger partial charge in [-0.1, -0.05) is 12.5 Å². The number of amides is 1. The van der Waals surface area contributed by atoms with E-state index >= 15 is 0 Å². The maximum absolute atomic E-state index is 12.2. The van der Waals surface area contributed by atoms with Gasteiger partial charge in [-0.2, -0.15) is 0 Å². The summed E-state index contributed by atoms with van der Waals surface area (Å²) in [5.74, 6) is 1.04. The molecule has 122 valence electrons. The van der Waals surface area contributed by atoms with Crippen LogP contribution >= 0.6 is 11.3 Å². The fraction of sp³-hybridized carbons (Fsp3) is 0.412. The minimum Gasteiger partial charge on any atom is -0.487 e. The third kappa shape index (κ3) is 4.53. The Labute approximate surface area is 139 Å². The molecule has 0 unspecified atom stereocenters. The number of anilines is 1. The zero-order valence-corrected chi connectivity index (χ0v) is 13.7. The van der Waals surface area contributed by atoms with E-state index in [0.717, 1.165) is 30.6 Å². The van der Waals surface area contributed by atoms with E-state index in [1.54, 1.807) is 16.8 Å². The van der Waals surface area contributed by atoms with Crippen molar-refractivity contribution in [1.29, 1.82) is 0 Å². The molecule has 2 atom stereocenters. The van der Waals surface area contributed by atoms with Gasteiger partial charge in [0, 0.05) is 29.6 Å². The number of nitrogens with zero attached hydrogens (tertiary/aromatic N) is 1. The molecule has 1 aromatic heterocycles. The Hall–Kier alpha value is -1.92. The molecule has 1 aliphatic rings. The number of carbonyl (C=O) groups is 1. The molecule has 0 aliphatic heterocycles. The summed E-state index contributed by atoms with van der Waals surface area (Å²) in [5.41, 5.74) is 9.46. The molecule has 3 N–H and O–H groups in total. The summed E-state index contributed by atoms with van der Waals surface area (Å²) in [7, 11) is 0. The van der Waals surface area contributed by atoms with Crippen molar-refractivity contribution in [1.82, 2.24) is 4.98 Å². The molecule has 1 saturated carbocycles. The number of thiazole rings is 1. The summed E-state index contributed by atoms with van der Waals surface area (Å²) in [4.78, 5) is 16.3. The van der Waals surface area contributed by atoms with Crippen molar-refractivity contribution in [2.24, 2.45) is 11.7 Å². The minimum atomic E-state index is 0.0176.